The van der Waals surface area contributed by atoms with Crippen LogP contribution in [-0.2, 0) is 16.1 Å². The molecule has 0 aromatic heterocycles. The third-order valence-corrected chi connectivity index (χ3v) is 2.86. The number of carbonyl (C=O) groups is 3. The Hall–Kier alpha value is -2.88. The second-order valence-electron chi connectivity index (χ2n) is 4.07. The number of amides is 4. The second-order valence-corrected chi connectivity index (χ2v) is 4.07. The molecule has 1 aliphatic rings. The van der Waals surface area contributed by atoms with Crippen LogP contribution in [0.25, 0.3) is 0 Å². The van der Waals surface area contributed by atoms with Gasteiger partial charge < -0.3 is 4.74 Å². The summed E-state index contributed by atoms with van der Waals surface area (Å²) in [4.78, 5) is 36.6. The maximum absolute atomic E-state index is 11.9. The van der Waals surface area contributed by atoms with Gasteiger partial charge in [0.2, 0.25) is 0 Å². The molecular weight excluding hydrogens is 262 g/mol. The van der Waals surface area contributed by atoms with E-state index in [0.717, 1.165) is 4.90 Å². The summed E-state index contributed by atoms with van der Waals surface area (Å²) in [5, 5.41) is 8.54. The Morgan fingerprint density at radius 2 is 1.70 bits per heavy atom. The quantitative estimate of drug-likeness (QED) is 0.453. The van der Waals surface area contributed by atoms with Crippen LogP contribution in [0.2, 0.25) is 0 Å². The van der Waals surface area contributed by atoms with Gasteiger partial charge in [-0.25, -0.2) is 9.69 Å². The van der Waals surface area contributed by atoms with Crippen molar-refractivity contribution < 1.29 is 19.1 Å². The van der Waals surface area contributed by atoms with E-state index in [0.29, 0.717) is 16.2 Å². The molecule has 1 heterocycles. The number of rotatable bonds is 4. The van der Waals surface area contributed by atoms with Gasteiger partial charge >= 0.3 is 17.8 Å². The Labute approximate surface area is 114 Å². The largest absolute Gasteiger partial charge is 0.497 e. The molecule has 0 spiro atoms. The molecule has 7 nitrogen and oxygen atoms in total. The molecule has 20 heavy (non-hydrogen) atoms. The fourth-order valence-electron chi connectivity index (χ4n) is 1.81. The van der Waals surface area contributed by atoms with Crippen molar-refractivity contribution in [3.63, 3.8) is 0 Å². The summed E-state index contributed by atoms with van der Waals surface area (Å²) in [5.41, 5.74) is 0.680. The lowest BCUT2D eigenvalue weighted by Gasteiger charge is -2.13. The van der Waals surface area contributed by atoms with Crippen molar-refractivity contribution >= 4 is 17.8 Å². The van der Waals surface area contributed by atoms with Gasteiger partial charge in [0.15, 0.2) is 0 Å². The average molecular weight is 273 g/mol. The summed E-state index contributed by atoms with van der Waals surface area (Å²) in [7, 11) is 1.53. The lowest BCUT2D eigenvalue weighted by atomic mass is 10.2. The first-order valence-corrected chi connectivity index (χ1v) is 5.75. The first-order valence-electron chi connectivity index (χ1n) is 5.75. The van der Waals surface area contributed by atoms with Crippen LogP contribution in [0, 0.1) is 11.3 Å². The number of imide groups is 2. The number of hydrogen-bond donors (Lipinski definition) is 0. The maximum atomic E-state index is 11.9. The molecule has 0 bridgehead atoms. The monoisotopic (exact) mass is 273 g/mol. The van der Waals surface area contributed by atoms with Crippen molar-refractivity contribution in [2.24, 2.45) is 0 Å². The minimum absolute atomic E-state index is 0.0185. The predicted molar refractivity (Wildman–Crippen MR) is 66.3 cm³/mol. The normalized spacial score (nSPS) is 14.7. The summed E-state index contributed by atoms with van der Waals surface area (Å²) in [5.74, 6) is -1.24. The molecule has 2 rings (SSSR count). The van der Waals surface area contributed by atoms with Gasteiger partial charge in [-0.15, -0.1) is 0 Å². The Kier molecular flexibility index (Phi) is 3.66. The lowest BCUT2D eigenvalue weighted by Crippen LogP contribution is -2.33. The zero-order valence-corrected chi connectivity index (χ0v) is 10.7. The lowest BCUT2D eigenvalue weighted by molar-refractivity contribution is -0.143. The van der Waals surface area contributed by atoms with Gasteiger partial charge in [-0.1, -0.05) is 12.1 Å². The molecule has 102 valence electrons. The molecule has 0 atom stereocenters. The first kappa shape index (κ1) is 13.5. The van der Waals surface area contributed by atoms with Gasteiger partial charge in [0.05, 0.1) is 19.7 Å². The molecule has 0 N–H and O–H groups in total. The molecule has 4 amide bonds. The SMILES string of the molecule is COc1ccc(CN2C(=O)C(=O)N(CC#N)C2=O)cc1. The Balaban J connectivity index is 2.16. The molecule has 1 aliphatic heterocycles. The standard InChI is InChI=1S/C13H11N3O4/c1-20-10-4-2-9(3-5-10)8-16-12(18)11(17)15(7-6-14)13(16)19/h2-5H,7-8H2,1H3. The highest BCUT2D eigenvalue weighted by molar-refractivity contribution is 6.44. The molecular formula is C13H11N3O4. The van der Waals surface area contributed by atoms with Gasteiger partial charge in [0.1, 0.15) is 12.3 Å². The smallest absolute Gasteiger partial charge is 0.335 e. The van der Waals surface area contributed by atoms with Crippen molar-refractivity contribution in [1.82, 2.24) is 9.80 Å². The van der Waals surface area contributed by atoms with E-state index in [2.05, 4.69) is 0 Å². The number of methoxy groups -OCH3 is 1. The molecule has 0 saturated carbocycles. The third-order valence-electron chi connectivity index (χ3n) is 2.86. The van der Waals surface area contributed by atoms with Crippen molar-refractivity contribution in [3.05, 3.63) is 29.8 Å². The van der Waals surface area contributed by atoms with Crippen LogP contribution in [-0.4, -0.2) is 41.3 Å². The molecule has 1 aromatic carbocycles. The zero-order valence-electron chi connectivity index (χ0n) is 10.7. The number of ether oxygens (including phenoxy) is 1. The molecule has 1 saturated heterocycles. The molecule has 7 heteroatoms. The van der Waals surface area contributed by atoms with Crippen LogP contribution < -0.4 is 4.74 Å². The summed E-state index contributed by atoms with van der Waals surface area (Å²) in [6.45, 7) is -0.447. The van der Waals surface area contributed by atoms with Gasteiger partial charge in [0, 0.05) is 0 Å². The van der Waals surface area contributed by atoms with Crippen LogP contribution in [0.1, 0.15) is 5.56 Å². The number of carbonyl (C=O) groups excluding carboxylic acids is 3. The highest BCUT2D eigenvalue weighted by Gasteiger charge is 2.44. The fraction of sp³-hybridized carbons (Fsp3) is 0.231. The van der Waals surface area contributed by atoms with Crippen molar-refractivity contribution in [2.75, 3.05) is 13.7 Å². The van der Waals surface area contributed by atoms with Gasteiger partial charge in [0.25, 0.3) is 0 Å². The summed E-state index contributed by atoms with van der Waals surface area (Å²) in [6.07, 6.45) is 0. The van der Waals surface area contributed by atoms with E-state index in [1.54, 1.807) is 30.3 Å². The van der Waals surface area contributed by atoms with E-state index in [1.165, 1.54) is 7.11 Å². The molecule has 1 aromatic rings. The zero-order chi connectivity index (χ0) is 14.7. The predicted octanol–water partition coefficient (Wildman–Crippen LogP) is 0.510. The Morgan fingerprint density at radius 1 is 1.10 bits per heavy atom. The highest BCUT2D eigenvalue weighted by Crippen LogP contribution is 2.17. The highest BCUT2D eigenvalue weighted by atomic mass is 16.5. The second kappa shape index (κ2) is 5.40. The number of urea groups is 1. The van der Waals surface area contributed by atoms with Crippen LogP contribution in [0.15, 0.2) is 24.3 Å². The van der Waals surface area contributed by atoms with Gasteiger partial charge in [-0.2, -0.15) is 5.26 Å². The van der Waals surface area contributed by atoms with E-state index in [4.69, 9.17) is 10.00 Å². The van der Waals surface area contributed by atoms with Gasteiger partial charge in [-0.05, 0) is 17.7 Å². The first-order chi connectivity index (χ1) is 9.58. The van der Waals surface area contributed by atoms with E-state index in [-0.39, 0.29) is 6.54 Å². The van der Waals surface area contributed by atoms with E-state index < -0.39 is 24.4 Å². The minimum Gasteiger partial charge on any atom is -0.497 e. The van der Waals surface area contributed by atoms with Crippen LogP contribution >= 0.6 is 0 Å². The molecule has 0 unspecified atom stereocenters. The minimum atomic E-state index is -0.968. The third kappa shape index (κ3) is 2.31. The van der Waals surface area contributed by atoms with E-state index in [9.17, 15) is 14.4 Å². The average Bonchev–Trinajstić information content (AvgIpc) is 2.66. The summed E-state index contributed by atoms with van der Waals surface area (Å²) in [6, 6.07) is 7.68. The van der Waals surface area contributed by atoms with Crippen molar-refractivity contribution in [1.29, 1.82) is 5.26 Å². The van der Waals surface area contributed by atoms with Crippen LogP contribution in [0.5, 0.6) is 5.75 Å². The summed E-state index contributed by atoms with van der Waals surface area (Å²) >= 11 is 0. The number of nitrogens with zero attached hydrogens (tertiary/aromatic N) is 3. The molecule has 1 fully saturated rings. The van der Waals surface area contributed by atoms with E-state index >= 15 is 0 Å². The topological polar surface area (TPSA) is 90.7 Å². The number of benzene rings is 1. The Bertz CT molecular complexity index is 603. The van der Waals surface area contributed by atoms with Crippen LogP contribution in [0.4, 0.5) is 4.79 Å². The Morgan fingerprint density at radius 3 is 2.25 bits per heavy atom. The summed E-state index contributed by atoms with van der Waals surface area (Å²) < 4.78 is 5.00. The molecule has 0 aliphatic carbocycles. The van der Waals surface area contributed by atoms with E-state index in [1.807, 2.05) is 0 Å². The van der Waals surface area contributed by atoms with Crippen molar-refractivity contribution in [3.8, 4) is 11.8 Å². The van der Waals surface area contributed by atoms with Gasteiger partial charge in [-0.3, -0.25) is 14.5 Å². The fourth-order valence-corrected chi connectivity index (χ4v) is 1.81. The van der Waals surface area contributed by atoms with Crippen LogP contribution in [0.3, 0.4) is 0 Å². The number of nitriles is 1. The molecule has 0 radical (unpaired) electrons. The number of hydrogen-bond acceptors (Lipinski definition) is 5. The van der Waals surface area contributed by atoms with Crippen molar-refractivity contribution in [2.45, 2.75) is 6.54 Å². The maximum Gasteiger partial charge on any atom is 0.335 e.